The fraction of sp³-hybridized carbons (Fsp3) is 0.636. The normalized spacial score (nSPS) is 14.7. The topological polar surface area (TPSA) is 75.6 Å². The lowest BCUT2D eigenvalue weighted by molar-refractivity contribution is -0.143. The van der Waals surface area contributed by atoms with Gasteiger partial charge in [-0.3, -0.25) is 4.79 Å². The van der Waals surface area contributed by atoms with Crippen LogP contribution in [0.5, 0.6) is 0 Å². The maximum atomic E-state index is 11.6. The Kier molecular flexibility index (Phi) is 7.20. The van der Waals surface area contributed by atoms with E-state index in [1.54, 1.807) is 26.0 Å². The molecule has 0 rings (SSSR count). The second-order valence-electron chi connectivity index (χ2n) is 3.34. The number of hydrogen-bond acceptors (Lipinski definition) is 3. The number of hydrogen-bond donors (Lipinski definition) is 2. The third kappa shape index (κ3) is 4.93. The Morgan fingerprint density at radius 3 is 2.50 bits per heavy atom. The van der Waals surface area contributed by atoms with Gasteiger partial charge in [0.1, 0.15) is 12.1 Å². The SMILES string of the molecule is C/C=C/CC(NC(=O)C(CC)OC)C(=O)O. The van der Waals surface area contributed by atoms with Crippen LogP contribution >= 0.6 is 0 Å². The van der Waals surface area contributed by atoms with Gasteiger partial charge in [0.25, 0.3) is 0 Å². The molecular formula is C11H19NO4. The quantitative estimate of drug-likeness (QED) is 0.637. The number of allylic oxidation sites excluding steroid dienone is 1. The first kappa shape index (κ1) is 14.6. The van der Waals surface area contributed by atoms with E-state index in [1.165, 1.54) is 7.11 Å². The zero-order valence-corrected chi connectivity index (χ0v) is 9.90. The molecule has 5 nitrogen and oxygen atoms in total. The number of methoxy groups -OCH3 is 1. The molecule has 92 valence electrons. The van der Waals surface area contributed by atoms with E-state index >= 15 is 0 Å². The predicted molar refractivity (Wildman–Crippen MR) is 60.1 cm³/mol. The summed E-state index contributed by atoms with van der Waals surface area (Å²) in [6.07, 6.45) is 3.64. The molecule has 2 N–H and O–H groups in total. The maximum absolute atomic E-state index is 11.6. The number of aliphatic carboxylic acids is 1. The summed E-state index contributed by atoms with van der Waals surface area (Å²) in [5.41, 5.74) is 0. The Bertz CT molecular complexity index is 259. The summed E-state index contributed by atoms with van der Waals surface area (Å²) in [4.78, 5) is 22.4. The highest BCUT2D eigenvalue weighted by atomic mass is 16.5. The van der Waals surface area contributed by atoms with Crippen molar-refractivity contribution in [1.29, 1.82) is 0 Å². The summed E-state index contributed by atoms with van der Waals surface area (Å²) in [5.74, 6) is -1.43. The van der Waals surface area contributed by atoms with Crippen LogP contribution in [0.1, 0.15) is 26.7 Å². The first-order valence-corrected chi connectivity index (χ1v) is 5.23. The molecule has 0 aliphatic heterocycles. The van der Waals surface area contributed by atoms with Gasteiger partial charge in [0.2, 0.25) is 5.91 Å². The van der Waals surface area contributed by atoms with Gasteiger partial charge in [-0.05, 0) is 19.8 Å². The third-order valence-corrected chi connectivity index (χ3v) is 2.17. The van der Waals surface area contributed by atoms with E-state index in [1.807, 2.05) is 0 Å². The van der Waals surface area contributed by atoms with Crippen LogP contribution in [-0.2, 0) is 14.3 Å². The Morgan fingerprint density at radius 2 is 2.12 bits per heavy atom. The monoisotopic (exact) mass is 229 g/mol. The van der Waals surface area contributed by atoms with Crippen molar-refractivity contribution in [2.24, 2.45) is 0 Å². The number of ether oxygens (including phenoxy) is 1. The van der Waals surface area contributed by atoms with Gasteiger partial charge in [-0.2, -0.15) is 0 Å². The van der Waals surface area contributed by atoms with Crippen molar-refractivity contribution >= 4 is 11.9 Å². The Labute approximate surface area is 95.5 Å². The van der Waals surface area contributed by atoms with Crippen LogP contribution in [0.3, 0.4) is 0 Å². The molecule has 2 atom stereocenters. The number of carbonyl (C=O) groups is 2. The lowest BCUT2D eigenvalue weighted by Gasteiger charge is -2.17. The molecule has 5 heteroatoms. The van der Waals surface area contributed by atoms with Gasteiger partial charge in [-0.25, -0.2) is 4.79 Å². The maximum Gasteiger partial charge on any atom is 0.326 e. The second-order valence-corrected chi connectivity index (χ2v) is 3.34. The van der Waals surface area contributed by atoms with Crippen LogP contribution in [0.25, 0.3) is 0 Å². The number of nitrogens with one attached hydrogen (secondary N) is 1. The van der Waals surface area contributed by atoms with Crippen molar-refractivity contribution in [3.8, 4) is 0 Å². The summed E-state index contributed by atoms with van der Waals surface area (Å²) in [6.45, 7) is 3.60. The Balaban J connectivity index is 4.38. The molecule has 16 heavy (non-hydrogen) atoms. The molecule has 0 bridgehead atoms. The molecule has 0 heterocycles. The molecular weight excluding hydrogens is 210 g/mol. The molecule has 0 aliphatic rings. The molecule has 0 spiro atoms. The first-order chi connectivity index (χ1) is 7.56. The van der Waals surface area contributed by atoms with E-state index in [4.69, 9.17) is 9.84 Å². The van der Waals surface area contributed by atoms with E-state index < -0.39 is 18.1 Å². The van der Waals surface area contributed by atoms with Gasteiger partial charge in [-0.1, -0.05) is 19.1 Å². The highest BCUT2D eigenvalue weighted by molar-refractivity contribution is 5.86. The van der Waals surface area contributed by atoms with Crippen LogP contribution in [0.15, 0.2) is 12.2 Å². The summed E-state index contributed by atoms with van der Waals surface area (Å²) in [6, 6.07) is -0.895. The van der Waals surface area contributed by atoms with Gasteiger partial charge >= 0.3 is 5.97 Å². The lowest BCUT2D eigenvalue weighted by atomic mass is 10.1. The average Bonchev–Trinajstić information content (AvgIpc) is 2.25. The fourth-order valence-electron chi connectivity index (χ4n) is 1.22. The standard InChI is InChI=1S/C11H19NO4/c1-4-6-7-8(11(14)15)12-10(13)9(5-2)16-3/h4,6,8-9H,5,7H2,1-3H3,(H,12,13)(H,14,15)/b6-4+. The highest BCUT2D eigenvalue weighted by Crippen LogP contribution is 2.00. The number of rotatable bonds is 7. The number of carboxylic acid groups (broad SMARTS) is 1. The van der Waals surface area contributed by atoms with E-state index in [0.717, 1.165) is 0 Å². The highest BCUT2D eigenvalue weighted by Gasteiger charge is 2.22. The van der Waals surface area contributed by atoms with E-state index in [-0.39, 0.29) is 12.3 Å². The lowest BCUT2D eigenvalue weighted by Crippen LogP contribution is -2.45. The van der Waals surface area contributed by atoms with Gasteiger partial charge < -0.3 is 15.2 Å². The van der Waals surface area contributed by atoms with Crippen molar-refractivity contribution in [2.75, 3.05) is 7.11 Å². The van der Waals surface area contributed by atoms with Crippen molar-refractivity contribution in [1.82, 2.24) is 5.32 Å². The van der Waals surface area contributed by atoms with Gasteiger partial charge in [0.15, 0.2) is 0 Å². The molecule has 0 saturated heterocycles. The van der Waals surface area contributed by atoms with E-state index in [0.29, 0.717) is 6.42 Å². The average molecular weight is 229 g/mol. The molecule has 0 fully saturated rings. The van der Waals surface area contributed by atoms with Crippen molar-refractivity contribution in [3.05, 3.63) is 12.2 Å². The molecule has 0 aliphatic carbocycles. The summed E-state index contributed by atoms with van der Waals surface area (Å²) < 4.78 is 4.92. The molecule has 0 radical (unpaired) electrons. The molecule has 2 unspecified atom stereocenters. The van der Waals surface area contributed by atoms with E-state index in [9.17, 15) is 9.59 Å². The minimum Gasteiger partial charge on any atom is -0.480 e. The Morgan fingerprint density at radius 1 is 1.50 bits per heavy atom. The first-order valence-electron chi connectivity index (χ1n) is 5.23. The van der Waals surface area contributed by atoms with Crippen LogP contribution < -0.4 is 5.32 Å². The zero-order valence-electron chi connectivity index (χ0n) is 9.90. The fourth-order valence-corrected chi connectivity index (χ4v) is 1.22. The molecule has 0 aromatic heterocycles. The summed E-state index contributed by atoms with van der Waals surface area (Å²) >= 11 is 0. The van der Waals surface area contributed by atoms with Crippen LogP contribution in [-0.4, -0.2) is 36.2 Å². The molecule has 0 aromatic rings. The molecule has 1 amide bonds. The summed E-state index contributed by atoms with van der Waals surface area (Å²) in [7, 11) is 1.43. The number of amides is 1. The minimum absolute atomic E-state index is 0.276. The third-order valence-electron chi connectivity index (χ3n) is 2.17. The van der Waals surface area contributed by atoms with Crippen molar-refractivity contribution in [2.45, 2.75) is 38.8 Å². The van der Waals surface area contributed by atoms with Gasteiger partial charge in [0.05, 0.1) is 0 Å². The van der Waals surface area contributed by atoms with Crippen LogP contribution in [0.2, 0.25) is 0 Å². The van der Waals surface area contributed by atoms with Crippen molar-refractivity contribution in [3.63, 3.8) is 0 Å². The van der Waals surface area contributed by atoms with Crippen molar-refractivity contribution < 1.29 is 19.4 Å². The van der Waals surface area contributed by atoms with Crippen LogP contribution in [0.4, 0.5) is 0 Å². The Hall–Kier alpha value is -1.36. The van der Waals surface area contributed by atoms with Gasteiger partial charge in [-0.15, -0.1) is 0 Å². The predicted octanol–water partition coefficient (Wildman–Crippen LogP) is 0.947. The molecule has 0 aromatic carbocycles. The smallest absolute Gasteiger partial charge is 0.326 e. The molecule has 0 saturated carbocycles. The van der Waals surface area contributed by atoms with Crippen LogP contribution in [0, 0.1) is 0 Å². The zero-order chi connectivity index (χ0) is 12.6. The summed E-state index contributed by atoms with van der Waals surface area (Å²) in [5, 5.41) is 11.3. The number of carboxylic acids is 1. The second kappa shape index (κ2) is 7.87. The number of carbonyl (C=O) groups excluding carboxylic acids is 1. The minimum atomic E-state index is -1.04. The van der Waals surface area contributed by atoms with Gasteiger partial charge in [0, 0.05) is 7.11 Å². The van der Waals surface area contributed by atoms with E-state index in [2.05, 4.69) is 5.32 Å². The largest absolute Gasteiger partial charge is 0.480 e.